The van der Waals surface area contributed by atoms with Gasteiger partial charge in [0.1, 0.15) is 5.75 Å². The number of aryl methyl sites for hydroxylation is 2. The molecule has 0 fully saturated rings. The lowest BCUT2D eigenvalue weighted by Crippen LogP contribution is -2.33. The second kappa shape index (κ2) is 8.96. The fraction of sp³-hybridized carbons (Fsp3) is 0.240. The maximum Gasteiger partial charge on any atom is 0.290 e. The van der Waals surface area contributed by atoms with Crippen molar-refractivity contribution in [3.05, 3.63) is 92.6 Å². The van der Waals surface area contributed by atoms with E-state index in [-0.39, 0.29) is 11.4 Å². The van der Waals surface area contributed by atoms with E-state index in [0.717, 1.165) is 21.9 Å². The normalized spacial score (nSPS) is 16.0. The van der Waals surface area contributed by atoms with Crippen LogP contribution in [0.5, 0.6) is 5.75 Å². The van der Waals surface area contributed by atoms with Gasteiger partial charge in [-0.1, -0.05) is 42.5 Å². The number of rotatable bonds is 7. The molecule has 0 saturated heterocycles. The van der Waals surface area contributed by atoms with Crippen molar-refractivity contribution >= 4 is 23.0 Å². The van der Waals surface area contributed by atoms with Crippen LogP contribution in [0.1, 0.15) is 37.5 Å². The average molecular weight is 449 g/mol. The third-order valence-corrected chi connectivity index (χ3v) is 6.65. The summed E-state index contributed by atoms with van der Waals surface area (Å²) in [6, 6.07) is 16.3. The molecule has 7 heteroatoms. The Bertz CT molecular complexity index is 1180. The van der Waals surface area contributed by atoms with Crippen LogP contribution in [0.2, 0.25) is 0 Å². The SMILES string of the molecule is COc1ccc(CCN2C(=O)C(O)=C(C(=O)c3sc(C)nc3C)C2c2ccccc2)cc1. The molecule has 1 aromatic heterocycles. The Hall–Kier alpha value is -3.45. The van der Waals surface area contributed by atoms with E-state index >= 15 is 0 Å². The molecular weight excluding hydrogens is 424 g/mol. The lowest BCUT2D eigenvalue weighted by molar-refractivity contribution is -0.129. The monoisotopic (exact) mass is 448 g/mol. The summed E-state index contributed by atoms with van der Waals surface area (Å²) in [7, 11) is 1.61. The maximum absolute atomic E-state index is 13.5. The van der Waals surface area contributed by atoms with E-state index in [0.29, 0.717) is 23.5 Å². The molecule has 0 saturated carbocycles. The van der Waals surface area contributed by atoms with Gasteiger partial charge in [-0.05, 0) is 43.5 Å². The van der Waals surface area contributed by atoms with Crippen molar-refractivity contribution in [1.82, 2.24) is 9.88 Å². The Kier molecular flexibility index (Phi) is 6.10. The first-order chi connectivity index (χ1) is 15.4. The summed E-state index contributed by atoms with van der Waals surface area (Å²) in [4.78, 5) is 32.9. The fourth-order valence-electron chi connectivity index (χ4n) is 4.00. The molecule has 0 spiro atoms. The number of methoxy groups -OCH3 is 1. The molecule has 164 valence electrons. The fourth-order valence-corrected chi connectivity index (χ4v) is 4.88. The van der Waals surface area contributed by atoms with Gasteiger partial charge < -0.3 is 14.7 Å². The van der Waals surface area contributed by atoms with E-state index in [1.165, 1.54) is 11.3 Å². The molecule has 6 nitrogen and oxygen atoms in total. The molecular formula is C25H24N2O4S. The van der Waals surface area contributed by atoms with Gasteiger partial charge in [-0.3, -0.25) is 9.59 Å². The first kappa shape index (κ1) is 21.8. The molecule has 1 unspecified atom stereocenters. The minimum absolute atomic E-state index is 0.114. The van der Waals surface area contributed by atoms with Crippen LogP contribution >= 0.6 is 11.3 Å². The lowest BCUT2D eigenvalue weighted by atomic mass is 9.95. The number of ketones is 1. The number of hydrogen-bond acceptors (Lipinski definition) is 6. The van der Waals surface area contributed by atoms with E-state index in [4.69, 9.17) is 4.74 Å². The number of aliphatic hydroxyl groups excluding tert-OH is 1. The van der Waals surface area contributed by atoms with Crippen LogP contribution in [-0.2, 0) is 11.2 Å². The number of nitrogens with zero attached hydrogens (tertiary/aromatic N) is 2. The topological polar surface area (TPSA) is 79.7 Å². The Balaban J connectivity index is 1.68. The number of thiazole rings is 1. The Morgan fingerprint density at radius 3 is 2.41 bits per heavy atom. The van der Waals surface area contributed by atoms with E-state index < -0.39 is 17.7 Å². The Labute approximate surface area is 190 Å². The predicted molar refractivity (Wildman–Crippen MR) is 123 cm³/mol. The highest BCUT2D eigenvalue weighted by Gasteiger charge is 2.44. The molecule has 2 heterocycles. The van der Waals surface area contributed by atoms with Crippen molar-refractivity contribution in [3.63, 3.8) is 0 Å². The van der Waals surface area contributed by atoms with Crippen molar-refractivity contribution in [2.75, 3.05) is 13.7 Å². The highest BCUT2D eigenvalue weighted by atomic mass is 32.1. The van der Waals surface area contributed by atoms with Crippen LogP contribution < -0.4 is 4.74 Å². The highest BCUT2D eigenvalue weighted by Crippen LogP contribution is 2.40. The van der Waals surface area contributed by atoms with E-state index in [2.05, 4.69) is 4.98 Å². The van der Waals surface area contributed by atoms with Crippen LogP contribution in [0.3, 0.4) is 0 Å². The zero-order valence-corrected chi connectivity index (χ0v) is 19.0. The number of Topliss-reactive ketones (excluding diaryl/α,β-unsaturated/α-hetero) is 1. The van der Waals surface area contributed by atoms with E-state index in [1.807, 2.05) is 61.5 Å². The molecule has 4 rings (SSSR count). The van der Waals surface area contributed by atoms with Gasteiger partial charge in [-0.2, -0.15) is 0 Å². The van der Waals surface area contributed by atoms with E-state index in [9.17, 15) is 14.7 Å². The number of carbonyl (C=O) groups is 2. The van der Waals surface area contributed by atoms with Gasteiger partial charge in [0.2, 0.25) is 5.78 Å². The largest absolute Gasteiger partial charge is 0.503 e. The van der Waals surface area contributed by atoms with Crippen LogP contribution in [0.15, 0.2) is 65.9 Å². The standard InChI is InChI=1S/C25H24N2O4S/c1-15-24(32-16(2)26-15)22(28)20-21(18-7-5-4-6-8-18)27(25(30)23(20)29)14-13-17-9-11-19(31-3)12-10-17/h4-12,21,29H,13-14H2,1-3H3. The van der Waals surface area contributed by atoms with Crippen molar-refractivity contribution < 1.29 is 19.4 Å². The van der Waals surface area contributed by atoms with Gasteiger partial charge in [-0.15, -0.1) is 11.3 Å². The summed E-state index contributed by atoms with van der Waals surface area (Å²) in [5.41, 5.74) is 2.52. The molecule has 3 aromatic rings. The second-order valence-corrected chi connectivity index (χ2v) is 8.85. The maximum atomic E-state index is 13.5. The zero-order chi connectivity index (χ0) is 22.8. The molecule has 32 heavy (non-hydrogen) atoms. The number of ether oxygens (including phenoxy) is 1. The van der Waals surface area contributed by atoms with Crippen molar-refractivity contribution in [1.29, 1.82) is 0 Å². The Morgan fingerprint density at radius 1 is 1.12 bits per heavy atom. The number of benzene rings is 2. The van der Waals surface area contributed by atoms with Gasteiger partial charge in [0.05, 0.1) is 34.3 Å². The molecule has 0 radical (unpaired) electrons. The first-order valence-corrected chi connectivity index (χ1v) is 11.1. The summed E-state index contributed by atoms with van der Waals surface area (Å²) < 4.78 is 5.20. The minimum atomic E-state index is -0.656. The third-order valence-electron chi connectivity index (χ3n) is 5.57. The third kappa shape index (κ3) is 4.03. The number of carbonyl (C=O) groups excluding carboxylic acids is 2. The number of aliphatic hydroxyl groups is 1. The quantitative estimate of drug-likeness (QED) is 0.535. The molecule has 1 aliphatic heterocycles. The van der Waals surface area contributed by atoms with E-state index in [1.54, 1.807) is 18.9 Å². The molecule has 1 amide bonds. The molecule has 1 atom stereocenters. The van der Waals surface area contributed by atoms with Crippen molar-refractivity contribution in [3.8, 4) is 5.75 Å². The smallest absolute Gasteiger partial charge is 0.290 e. The number of hydrogen-bond donors (Lipinski definition) is 1. The Morgan fingerprint density at radius 2 is 1.81 bits per heavy atom. The molecule has 1 aliphatic rings. The van der Waals surface area contributed by atoms with Gasteiger partial charge in [-0.25, -0.2) is 4.98 Å². The molecule has 1 N–H and O–H groups in total. The lowest BCUT2D eigenvalue weighted by Gasteiger charge is -2.27. The minimum Gasteiger partial charge on any atom is -0.503 e. The predicted octanol–water partition coefficient (Wildman–Crippen LogP) is 4.59. The summed E-state index contributed by atoms with van der Waals surface area (Å²) in [5, 5.41) is 11.6. The second-order valence-electron chi connectivity index (χ2n) is 7.65. The van der Waals surface area contributed by atoms with Crippen LogP contribution in [-0.4, -0.2) is 40.3 Å². The van der Waals surface area contributed by atoms with Crippen LogP contribution in [0.25, 0.3) is 0 Å². The molecule has 0 aliphatic carbocycles. The molecule has 2 aromatic carbocycles. The average Bonchev–Trinajstić information content (AvgIpc) is 3.28. The van der Waals surface area contributed by atoms with Gasteiger partial charge in [0, 0.05) is 6.54 Å². The van der Waals surface area contributed by atoms with Crippen molar-refractivity contribution in [2.45, 2.75) is 26.3 Å². The summed E-state index contributed by atoms with van der Waals surface area (Å²) in [6.07, 6.45) is 0.576. The summed E-state index contributed by atoms with van der Waals surface area (Å²) >= 11 is 1.28. The zero-order valence-electron chi connectivity index (χ0n) is 18.2. The highest BCUT2D eigenvalue weighted by molar-refractivity contribution is 7.14. The van der Waals surface area contributed by atoms with Gasteiger partial charge >= 0.3 is 0 Å². The molecule has 0 bridgehead atoms. The summed E-state index contributed by atoms with van der Waals surface area (Å²) in [6.45, 7) is 3.95. The van der Waals surface area contributed by atoms with Crippen molar-refractivity contribution in [2.24, 2.45) is 0 Å². The van der Waals surface area contributed by atoms with Gasteiger partial charge in [0.15, 0.2) is 5.76 Å². The summed E-state index contributed by atoms with van der Waals surface area (Å²) in [5.74, 6) is -0.603. The van der Waals surface area contributed by atoms with Crippen LogP contribution in [0, 0.1) is 13.8 Å². The van der Waals surface area contributed by atoms with Gasteiger partial charge in [0.25, 0.3) is 5.91 Å². The first-order valence-electron chi connectivity index (χ1n) is 10.3. The number of aromatic nitrogens is 1. The van der Waals surface area contributed by atoms with Crippen LogP contribution in [0.4, 0.5) is 0 Å². The number of amides is 1.